The quantitative estimate of drug-likeness (QED) is 0.566. The zero-order valence-corrected chi connectivity index (χ0v) is 19.9. The Morgan fingerprint density at radius 3 is 2.34 bits per heavy atom. The summed E-state index contributed by atoms with van der Waals surface area (Å²) in [7, 11) is 0. The molecule has 2 aliphatic rings. The van der Waals surface area contributed by atoms with Gasteiger partial charge in [0.05, 0.1) is 12.6 Å². The molecule has 2 aromatic rings. The maximum absolute atomic E-state index is 13.3. The first-order valence-electron chi connectivity index (χ1n) is 12.2. The predicted octanol–water partition coefficient (Wildman–Crippen LogP) is 3.79. The number of carboxylic acids is 1. The van der Waals surface area contributed by atoms with Crippen molar-refractivity contribution >= 4 is 18.0 Å². The molecular weight excluding hydrogens is 448 g/mol. The second-order valence-corrected chi connectivity index (χ2v) is 8.95. The molecule has 2 N–H and O–H groups in total. The fourth-order valence-electron chi connectivity index (χ4n) is 5.07. The van der Waals surface area contributed by atoms with Crippen LogP contribution in [0.4, 0.5) is 4.79 Å². The van der Waals surface area contributed by atoms with E-state index in [1.807, 2.05) is 43.3 Å². The van der Waals surface area contributed by atoms with E-state index in [1.54, 1.807) is 4.90 Å². The Kier molecular flexibility index (Phi) is 8.02. The molecule has 1 heterocycles. The third-order valence-electron chi connectivity index (χ3n) is 6.78. The molecule has 1 aliphatic heterocycles. The van der Waals surface area contributed by atoms with Crippen LogP contribution in [0.25, 0.3) is 11.1 Å². The van der Waals surface area contributed by atoms with Crippen LogP contribution in [0.15, 0.2) is 48.5 Å². The van der Waals surface area contributed by atoms with Gasteiger partial charge in [-0.1, -0.05) is 48.5 Å². The summed E-state index contributed by atoms with van der Waals surface area (Å²) in [5, 5.41) is 11.8. The summed E-state index contributed by atoms with van der Waals surface area (Å²) in [5.74, 6) is -1.44. The van der Waals surface area contributed by atoms with E-state index in [1.165, 1.54) is 0 Å². The molecule has 8 heteroatoms. The summed E-state index contributed by atoms with van der Waals surface area (Å²) in [6.45, 7) is 3.55. The second kappa shape index (κ2) is 11.4. The lowest BCUT2D eigenvalue weighted by atomic mass is 9.98. The zero-order valence-electron chi connectivity index (χ0n) is 19.9. The van der Waals surface area contributed by atoms with Gasteiger partial charge in [0.15, 0.2) is 0 Å². The lowest BCUT2D eigenvalue weighted by molar-refractivity contribution is -0.140. The highest BCUT2D eigenvalue weighted by molar-refractivity contribution is 5.86. The summed E-state index contributed by atoms with van der Waals surface area (Å²) < 4.78 is 11.1. The van der Waals surface area contributed by atoms with E-state index in [0.29, 0.717) is 19.8 Å². The van der Waals surface area contributed by atoms with Gasteiger partial charge in [-0.3, -0.25) is 9.59 Å². The Labute approximate surface area is 205 Å². The molecule has 0 radical (unpaired) electrons. The van der Waals surface area contributed by atoms with Crippen molar-refractivity contribution in [2.24, 2.45) is 0 Å². The van der Waals surface area contributed by atoms with E-state index in [4.69, 9.17) is 14.6 Å². The Morgan fingerprint density at radius 2 is 1.77 bits per heavy atom. The molecule has 0 aromatic heterocycles. The van der Waals surface area contributed by atoms with Crippen molar-refractivity contribution in [1.29, 1.82) is 0 Å². The minimum Gasteiger partial charge on any atom is -0.481 e. The molecule has 1 aliphatic carbocycles. The van der Waals surface area contributed by atoms with Gasteiger partial charge >= 0.3 is 12.1 Å². The Morgan fingerprint density at radius 1 is 1.11 bits per heavy atom. The van der Waals surface area contributed by atoms with E-state index in [0.717, 1.165) is 35.1 Å². The molecule has 0 spiro atoms. The Bertz CT molecular complexity index is 1020. The highest BCUT2D eigenvalue weighted by Gasteiger charge is 2.33. The predicted molar refractivity (Wildman–Crippen MR) is 130 cm³/mol. The van der Waals surface area contributed by atoms with E-state index >= 15 is 0 Å². The number of carbonyl (C=O) groups excluding carboxylic acids is 2. The minimum absolute atomic E-state index is 0.0115. The van der Waals surface area contributed by atoms with Crippen LogP contribution in [0, 0.1) is 0 Å². The third-order valence-corrected chi connectivity index (χ3v) is 6.78. The SMILES string of the molecule is CCN(C(=O)C(CCC(=O)O)NC(=O)OCC1c2ccccc2-c2ccccc21)C1CCCOC1. The van der Waals surface area contributed by atoms with Crippen LogP contribution in [-0.4, -0.2) is 66.4 Å². The molecule has 4 rings (SSSR count). The van der Waals surface area contributed by atoms with Crippen molar-refractivity contribution < 1.29 is 29.0 Å². The van der Waals surface area contributed by atoms with Crippen LogP contribution in [-0.2, 0) is 19.1 Å². The van der Waals surface area contributed by atoms with Crippen LogP contribution in [0.5, 0.6) is 0 Å². The molecule has 2 atom stereocenters. The Balaban J connectivity index is 1.43. The summed E-state index contributed by atoms with van der Waals surface area (Å²) in [5.41, 5.74) is 4.43. The summed E-state index contributed by atoms with van der Waals surface area (Å²) >= 11 is 0. The van der Waals surface area contributed by atoms with E-state index in [-0.39, 0.29) is 37.3 Å². The number of ether oxygens (including phenoxy) is 2. The zero-order chi connectivity index (χ0) is 24.8. The highest BCUT2D eigenvalue weighted by atomic mass is 16.5. The summed E-state index contributed by atoms with van der Waals surface area (Å²) in [6, 6.07) is 15.0. The monoisotopic (exact) mass is 480 g/mol. The van der Waals surface area contributed by atoms with E-state index < -0.39 is 18.1 Å². The van der Waals surface area contributed by atoms with Gasteiger partial charge in [-0.2, -0.15) is 0 Å². The molecule has 1 fully saturated rings. The third kappa shape index (κ3) is 5.65. The topological polar surface area (TPSA) is 105 Å². The number of hydrogen-bond donors (Lipinski definition) is 2. The maximum atomic E-state index is 13.3. The molecule has 0 saturated carbocycles. The molecule has 8 nitrogen and oxygen atoms in total. The van der Waals surface area contributed by atoms with Crippen molar-refractivity contribution in [1.82, 2.24) is 10.2 Å². The standard InChI is InChI=1S/C27H32N2O6/c1-2-29(18-8-7-15-34-16-18)26(32)24(13-14-25(30)31)28-27(33)35-17-23-21-11-5-3-9-19(21)20-10-4-6-12-22(20)23/h3-6,9-12,18,23-24H,2,7-8,13-17H2,1H3,(H,28,33)(H,30,31). The number of nitrogens with one attached hydrogen (secondary N) is 1. The smallest absolute Gasteiger partial charge is 0.407 e. The first-order valence-corrected chi connectivity index (χ1v) is 12.2. The normalized spacial score (nSPS) is 17.7. The fraction of sp³-hybridized carbons (Fsp3) is 0.444. The number of likely N-dealkylation sites (N-methyl/N-ethyl adjacent to an activating group) is 1. The van der Waals surface area contributed by atoms with Crippen LogP contribution in [0.1, 0.15) is 49.7 Å². The fourth-order valence-corrected chi connectivity index (χ4v) is 5.07. The van der Waals surface area contributed by atoms with E-state index in [2.05, 4.69) is 17.4 Å². The number of fused-ring (bicyclic) bond motifs is 3. The van der Waals surface area contributed by atoms with Crippen molar-refractivity contribution in [3.05, 3.63) is 59.7 Å². The van der Waals surface area contributed by atoms with Gasteiger partial charge in [-0.05, 0) is 48.4 Å². The number of alkyl carbamates (subject to hydrolysis) is 1. The lowest BCUT2D eigenvalue weighted by Gasteiger charge is -2.35. The van der Waals surface area contributed by atoms with Crippen molar-refractivity contribution in [2.45, 2.75) is 50.6 Å². The van der Waals surface area contributed by atoms with Crippen LogP contribution < -0.4 is 5.32 Å². The molecule has 2 amide bonds. The molecule has 1 saturated heterocycles. The number of carbonyl (C=O) groups is 3. The molecule has 186 valence electrons. The van der Waals surface area contributed by atoms with Gasteiger partial charge in [0.25, 0.3) is 0 Å². The maximum Gasteiger partial charge on any atom is 0.407 e. The average molecular weight is 481 g/mol. The number of nitrogens with zero attached hydrogens (tertiary/aromatic N) is 1. The Hall–Kier alpha value is -3.39. The molecule has 35 heavy (non-hydrogen) atoms. The first kappa shape index (κ1) is 24.7. The van der Waals surface area contributed by atoms with E-state index in [9.17, 15) is 14.4 Å². The summed E-state index contributed by atoms with van der Waals surface area (Å²) in [4.78, 5) is 39.0. The number of amides is 2. The largest absolute Gasteiger partial charge is 0.481 e. The molecule has 2 aromatic carbocycles. The van der Waals surface area contributed by atoms with Crippen LogP contribution in [0.3, 0.4) is 0 Å². The number of carboxylic acid groups (broad SMARTS) is 1. The second-order valence-electron chi connectivity index (χ2n) is 8.95. The molecule has 0 bridgehead atoms. The lowest BCUT2D eigenvalue weighted by Crippen LogP contribution is -2.53. The number of aliphatic carboxylic acids is 1. The van der Waals surface area contributed by atoms with Gasteiger partial charge in [0, 0.05) is 25.5 Å². The van der Waals surface area contributed by atoms with Gasteiger partial charge in [0.1, 0.15) is 12.6 Å². The molecular formula is C27H32N2O6. The summed E-state index contributed by atoms with van der Waals surface area (Å²) in [6.07, 6.45) is 0.692. The molecule has 2 unspecified atom stereocenters. The van der Waals surface area contributed by atoms with Crippen molar-refractivity contribution in [3.63, 3.8) is 0 Å². The van der Waals surface area contributed by atoms with Crippen LogP contribution in [0.2, 0.25) is 0 Å². The van der Waals surface area contributed by atoms with Gasteiger partial charge in [0.2, 0.25) is 5.91 Å². The van der Waals surface area contributed by atoms with Crippen molar-refractivity contribution in [2.75, 3.05) is 26.4 Å². The average Bonchev–Trinajstić information content (AvgIpc) is 3.20. The number of benzene rings is 2. The van der Waals surface area contributed by atoms with Gasteiger partial charge in [-0.25, -0.2) is 4.79 Å². The van der Waals surface area contributed by atoms with Gasteiger partial charge in [-0.15, -0.1) is 0 Å². The first-order chi connectivity index (χ1) is 17.0. The minimum atomic E-state index is -1.03. The number of hydrogen-bond acceptors (Lipinski definition) is 5. The van der Waals surface area contributed by atoms with Crippen LogP contribution >= 0.6 is 0 Å². The number of rotatable bonds is 9. The van der Waals surface area contributed by atoms with Crippen molar-refractivity contribution in [3.8, 4) is 11.1 Å². The van der Waals surface area contributed by atoms with Gasteiger partial charge < -0.3 is 24.8 Å². The highest BCUT2D eigenvalue weighted by Crippen LogP contribution is 2.44.